The zero-order chi connectivity index (χ0) is 7.28. The van der Waals surface area contributed by atoms with Crippen LogP contribution in [0.25, 0.3) is 0 Å². The van der Waals surface area contributed by atoms with Gasteiger partial charge in [-0.2, -0.15) is 0 Å². The van der Waals surface area contributed by atoms with Gasteiger partial charge in [0, 0.05) is 7.05 Å². The van der Waals surface area contributed by atoms with Gasteiger partial charge in [0.1, 0.15) is 0 Å². The van der Waals surface area contributed by atoms with E-state index in [-0.39, 0.29) is 0 Å². The van der Waals surface area contributed by atoms with Gasteiger partial charge in [0.25, 0.3) is 0 Å². The normalized spacial score (nSPS) is 10.7. The standard InChI is InChI=1S/C4H8N2O3/c1-5-4(9)6-2-3(7)8/h2-3,7-8H,1H3,(H,5,9). The summed E-state index contributed by atoms with van der Waals surface area (Å²) in [6.45, 7) is 0. The quantitative estimate of drug-likeness (QED) is 0.306. The Kier molecular flexibility index (Phi) is 3.57. The molecule has 0 aliphatic heterocycles. The molecule has 5 nitrogen and oxygen atoms in total. The zero-order valence-corrected chi connectivity index (χ0v) is 4.90. The highest BCUT2D eigenvalue weighted by Crippen LogP contribution is 1.71. The number of aliphatic imine (C=N–C) groups is 1. The fourth-order valence-corrected chi connectivity index (χ4v) is 0.199. The van der Waals surface area contributed by atoms with Crippen LogP contribution in [0.5, 0.6) is 0 Å². The number of carbonyl (C=O) groups is 1. The Bertz CT molecular complexity index is 121. The highest BCUT2D eigenvalue weighted by atomic mass is 16.5. The minimum atomic E-state index is -1.66. The summed E-state index contributed by atoms with van der Waals surface area (Å²) in [6, 6.07) is -0.608. The van der Waals surface area contributed by atoms with Crippen molar-refractivity contribution in [1.29, 1.82) is 0 Å². The zero-order valence-electron chi connectivity index (χ0n) is 4.90. The molecule has 2 amide bonds. The fraction of sp³-hybridized carbons (Fsp3) is 0.500. The van der Waals surface area contributed by atoms with Gasteiger partial charge in [-0.15, -0.1) is 0 Å². The lowest BCUT2D eigenvalue weighted by atomic mass is 10.7. The Labute approximate surface area is 52.0 Å². The molecule has 0 aromatic rings. The van der Waals surface area contributed by atoms with Gasteiger partial charge in [-0.1, -0.05) is 0 Å². The first-order valence-corrected chi connectivity index (χ1v) is 2.29. The van der Waals surface area contributed by atoms with Gasteiger partial charge in [-0.3, -0.25) is 0 Å². The van der Waals surface area contributed by atoms with Crippen LogP contribution in [-0.4, -0.2) is 35.8 Å². The number of nitrogens with one attached hydrogen (secondary N) is 1. The van der Waals surface area contributed by atoms with E-state index < -0.39 is 12.3 Å². The van der Waals surface area contributed by atoms with E-state index in [1.165, 1.54) is 7.05 Å². The van der Waals surface area contributed by atoms with Crippen molar-refractivity contribution in [3.05, 3.63) is 0 Å². The molecule has 0 heterocycles. The summed E-state index contributed by atoms with van der Waals surface area (Å²) in [5, 5.41) is 18.4. The van der Waals surface area contributed by atoms with Crippen LogP contribution in [0, 0.1) is 0 Å². The minimum Gasteiger partial charge on any atom is -0.364 e. The van der Waals surface area contributed by atoms with E-state index >= 15 is 0 Å². The third-order valence-electron chi connectivity index (χ3n) is 0.539. The summed E-state index contributed by atoms with van der Waals surface area (Å²) < 4.78 is 0. The van der Waals surface area contributed by atoms with Crippen molar-refractivity contribution < 1.29 is 15.0 Å². The number of carbonyl (C=O) groups excluding carboxylic acids is 1. The molecule has 9 heavy (non-hydrogen) atoms. The fourth-order valence-electron chi connectivity index (χ4n) is 0.199. The second-order valence-electron chi connectivity index (χ2n) is 1.25. The molecule has 52 valence electrons. The summed E-state index contributed by atoms with van der Waals surface area (Å²) in [4.78, 5) is 13.3. The molecule has 0 aliphatic rings. The van der Waals surface area contributed by atoms with Crippen molar-refractivity contribution in [1.82, 2.24) is 5.32 Å². The highest BCUT2D eigenvalue weighted by Gasteiger charge is 1.91. The third-order valence-corrected chi connectivity index (χ3v) is 0.539. The first-order valence-electron chi connectivity index (χ1n) is 2.29. The maximum absolute atomic E-state index is 10.2. The number of aliphatic hydroxyl groups excluding tert-OH is 1. The number of rotatable bonds is 1. The van der Waals surface area contributed by atoms with E-state index in [0.29, 0.717) is 0 Å². The van der Waals surface area contributed by atoms with Crippen LogP contribution in [0.15, 0.2) is 4.99 Å². The van der Waals surface area contributed by atoms with E-state index in [1.54, 1.807) is 0 Å². The van der Waals surface area contributed by atoms with Crippen molar-refractivity contribution in [2.24, 2.45) is 4.99 Å². The van der Waals surface area contributed by atoms with Gasteiger partial charge < -0.3 is 15.5 Å². The Hall–Kier alpha value is -0.940. The predicted molar refractivity (Wildman–Crippen MR) is 31.2 cm³/mol. The van der Waals surface area contributed by atoms with Gasteiger partial charge in [0.2, 0.25) is 0 Å². The van der Waals surface area contributed by atoms with Crippen molar-refractivity contribution >= 4 is 12.2 Å². The van der Waals surface area contributed by atoms with Crippen LogP contribution >= 0.6 is 0 Å². The summed E-state index contributed by atoms with van der Waals surface area (Å²) in [6.07, 6.45) is -0.943. The molecule has 0 aliphatic carbocycles. The van der Waals surface area contributed by atoms with E-state index in [2.05, 4.69) is 10.3 Å². The van der Waals surface area contributed by atoms with E-state index in [0.717, 1.165) is 6.21 Å². The van der Waals surface area contributed by atoms with Crippen LogP contribution < -0.4 is 5.32 Å². The van der Waals surface area contributed by atoms with E-state index in [9.17, 15) is 4.79 Å². The van der Waals surface area contributed by atoms with Crippen LogP contribution in [0.3, 0.4) is 0 Å². The molecule has 0 rings (SSSR count). The van der Waals surface area contributed by atoms with Gasteiger partial charge in [-0.05, 0) is 0 Å². The molecular weight excluding hydrogens is 124 g/mol. The Morgan fingerprint density at radius 2 is 2.33 bits per heavy atom. The maximum atomic E-state index is 10.2. The average Bonchev–Trinajstić information content (AvgIpc) is 1.83. The number of urea groups is 1. The molecule has 0 atom stereocenters. The second kappa shape index (κ2) is 3.99. The molecular formula is C4H8N2O3. The lowest BCUT2D eigenvalue weighted by molar-refractivity contribution is 0.0238. The average molecular weight is 132 g/mol. The molecule has 0 saturated carbocycles. The van der Waals surface area contributed by atoms with Gasteiger partial charge in [0.15, 0.2) is 6.29 Å². The van der Waals surface area contributed by atoms with Crippen LogP contribution in [0.1, 0.15) is 0 Å². The molecule has 5 heteroatoms. The van der Waals surface area contributed by atoms with Gasteiger partial charge in [-0.25, -0.2) is 9.79 Å². The van der Waals surface area contributed by atoms with E-state index in [1.807, 2.05) is 0 Å². The number of aliphatic hydroxyl groups is 2. The molecule has 0 aromatic carbocycles. The van der Waals surface area contributed by atoms with Crippen LogP contribution in [-0.2, 0) is 0 Å². The Morgan fingerprint density at radius 1 is 1.78 bits per heavy atom. The number of amides is 2. The summed E-state index contributed by atoms with van der Waals surface area (Å²) in [5.41, 5.74) is 0. The summed E-state index contributed by atoms with van der Waals surface area (Å²) in [5.74, 6) is 0. The minimum absolute atomic E-state index is 0.608. The second-order valence-corrected chi connectivity index (χ2v) is 1.25. The molecule has 0 unspecified atom stereocenters. The Balaban J connectivity index is 3.57. The summed E-state index contributed by atoms with van der Waals surface area (Å²) >= 11 is 0. The molecule has 0 aromatic heterocycles. The lowest BCUT2D eigenvalue weighted by Gasteiger charge is -1.91. The number of hydrogen-bond donors (Lipinski definition) is 3. The topological polar surface area (TPSA) is 81.9 Å². The third kappa shape index (κ3) is 4.92. The number of hydrogen-bond acceptors (Lipinski definition) is 3. The highest BCUT2D eigenvalue weighted by molar-refractivity contribution is 5.83. The maximum Gasteiger partial charge on any atom is 0.340 e. The van der Waals surface area contributed by atoms with E-state index in [4.69, 9.17) is 10.2 Å². The van der Waals surface area contributed by atoms with Crippen molar-refractivity contribution in [2.75, 3.05) is 7.05 Å². The van der Waals surface area contributed by atoms with Crippen molar-refractivity contribution in [2.45, 2.75) is 6.29 Å². The first kappa shape index (κ1) is 8.06. The molecule has 3 N–H and O–H groups in total. The van der Waals surface area contributed by atoms with Gasteiger partial charge >= 0.3 is 6.03 Å². The number of nitrogens with zero attached hydrogens (tertiary/aromatic N) is 1. The first-order chi connectivity index (χ1) is 4.16. The SMILES string of the molecule is CNC(=O)N=CC(O)O. The summed E-state index contributed by atoms with van der Waals surface area (Å²) in [7, 11) is 1.39. The molecule has 0 saturated heterocycles. The smallest absolute Gasteiger partial charge is 0.340 e. The predicted octanol–water partition coefficient (Wildman–Crippen LogP) is -1.29. The largest absolute Gasteiger partial charge is 0.364 e. The van der Waals surface area contributed by atoms with Gasteiger partial charge in [0.05, 0.1) is 6.21 Å². The molecule has 0 bridgehead atoms. The molecule has 0 fully saturated rings. The monoisotopic (exact) mass is 132 g/mol. The Morgan fingerprint density at radius 3 is 2.67 bits per heavy atom. The molecule has 0 radical (unpaired) electrons. The van der Waals surface area contributed by atoms with Crippen molar-refractivity contribution in [3.63, 3.8) is 0 Å². The van der Waals surface area contributed by atoms with Crippen LogP contribution in [0.4, 0.5) is 4.79 Å². The molecule has 0 spiro atoms. The van der Waals surface area contributed by atoms with Crippen molar-refractivity contribution in [3.8, 4) is 0 Å². The lowest BCUT2D eigenvalue weighted by Crippen LogP contribution is -2.15. The van der Waals surface area contributed by atoms with Crippen LogP contribution in [0.2, 0.25) is 0 Å².